The number of hydrogen-bond acceptors (Lipinski definition) is 4. The van der Waals surface area contributed by atoms with E-state index in [0.29, 0.717) is 25.1 Å². The number of nitrogens with zero attached hydrogens (tertiary/aromatic N) is 1. The molecule has 6 nitrogen and oxygen atoms in total. The van der Waals surface area contributed by atoms with Gasteiger partial charge in [0.1, 0.15) is 0 Å². The molecule has 1 atom stereocenters. The second-order valence-electron chi connectivity index (χ2n) is 5.53. The Morgan fingerprint density at radius 1 is 1.36 bits per heavy atom. The standard InChI is InChI=1S/C16H20N2O4/c1-11-4-2-5-12(8-11)16(21)22-10-14(19)18-7-3-6-13(9-18)15(17)20/h2,4-5,8,13H,3,6-7,9-10H2,1H3,(H2,17,20)/t13-/m0/s1. The van der Waals surface area contributed by atoms with Gasteiger partial charge in [-0.05, 0) is 31.9 Å². The highest BCUT2D eigenvalue weighted by Crippen LogP contribution is 2.16. The van der Waals surface area contributed by atoms with E-state index in [9.17, 15) is 14.4 Å². The number of primary amides is 1. The number of ether oxygens (including phenoxy) is 1. The Hall–Kier alpha value is -2.37. The number of esters is 1. The number of likely N-dealkylation sites (tertiary alicyclic amines) is 1. The van der Waals surface area contributed by atoms with Gasteiger partial charge in [0.2, 0.25) is 5.91 Å². The number of rotatable bonds is 4. The monoisotopic (exact) mass is 304 g/mol. The first-order valence-corrected chi connectivity index (χ1v) is 7.28. The maximum atomic E-state index is 12.1. The minimum atomic E-state index is -0.527. The minimum absolute atomic E-state index is 0.299. The second-order valence-corrected chi connectivity index (χ2v) is 5.53. The van der Waals surface area contributed by atoms with Crippen molar-refractivity contribution in [3.8, 4) is 0 Å². The largest absolute Gasteiger partial charge is 0.452 e. The number of amides is 2. The van der Waals surface area contributed by atoms with Crippen molar-refractivity contribution in [2.24, 2.45) is 11.7 Å². The SMILES string of the molecule is Cc1cccc(C(=O)OCC(=O)N2CCC[C@H](C(N)=O)C2)c1. The zero-order valence-corrected chi connectivity index (χ0v) is 12.6. The summed E-state index contributed by atoms with van der Waals surface area (Å²) in [5.41, 5.74) is 6.64. The fraction of sp³-hybridized carbons (Fsp3) is 0.438. The molecule has 118 valence electrons. The van der Waals surface area contributed by atoms with Crippen LogP contribution in [0.3, 0.4) is 0 Å². The summed E-state index contributed by atoms with van der Waals surface area (Å²) in [4.78, 5) is 36.7. The molecule has 1 saturated heterocycles. The molecule has 1 aliphatic heterocycles. The molecule has 2 rings (SSSR count). The van der Waals surface area contributed by atoms with E-state index in [-0.39, 0.29) is 18.4 Å². The Morgan fingerprint density at radius 3 is 2.82 bits per heavy atom. The maximum Gasteiger partial charge on any atom is 0.338 e. The number of nitrogens with two attached hydrogens (primary N) is 1. The van der Waals surface area contributed by atoms with Crippen molar-refractivity contribution in [3.63, 3.8) is 0 Å². The van der Waals surface area contributed by atoms with Crippen molar-refractivity contribution in [1.29, 1.82) is 0 Å². The van der Waals surface area contributed by atoms with Gasteiger partial charge < -0.3 is 15.4 Å². The summed E-state index contributed by atoms with van der Waals surface area (Å²) < 4.78 is 5.05. The number of hydrogen-bond donors (Lipinski definition) is 1. The molecule has 1 aromatic carbocycles. The topological polar surface area (TPSA) is 89.7 Å². The van der Waals surface area contributed by atoms with Gasteiger partial charge in [0.05, 0.1) is 11.5 Å². The summed E-state index contributed by atoms with van der Waals surface area (Å²) in [6.45, 7) is 2.42. The van der Waals surface area contributed by atoms with Crippen molar-refractivity contribution < 1.29 is 19.1 Å². The lowest BCUT2D eigenvalue weighted by Gasteiger charge is -2.31. The van der Waals surface area contributed by atoms with Crippen LogP contribution in [0, 0.1) is 12.8 Å². The quantitative estimate of drug-likeness (QED) is 0.836. The molecular formula is C16H20N2O4. The molecule has 0 saturated carbocycles. The number of carbonyl (C=O) groups excluding carboxylic acids is 3. The minimum Gasteiger partial charge on any atom is -0.452 e. The molecule has 0 radical (unpaired) electrons. The van der Waals surface area contributed by atoms with Crippen molar-refractivity contribution in [2.75, 3.05) is 19.7 Å². The predicted octanol–water partition coefficient (Wildman–Crippen LogP) is 0.876. The van der Waals surface area contributed by atoms with Crippen LogP contribution in [0.5, 0.6) is 0 Å². The zero-order valence-electron chi connectivity index (χ0n) is 12.6. The van der Waals surface area contributed by atoms with E-state index in [1.807, 2.05) is 13.0 Å². The number of aryl methyl sites for hydroxylation is 1. The van der Waals surface area contributed by atoms with Gasteiger partial charge in [0, 0.05) is 13.1 Å². The first-order chi connectivity index (χ1) is 10.5. The maximum absolute atomic E-state index is 12.1. The molecule has 2 amide bonds. The summed E-state index contributed by atoms with van der Waals surface area (Å²) in [7, 11) is 0. The third-order valence-electron chi connectivity index (χ3n) is 3.76. The molecule has 6 heteroatoms. The van der Waals surface area contributed by atoms with Crippen molar-refractivity contribution in [3.05, 3.63) is 35.4 Å². The van der Waals surface area contributed by atoms with E-state index in [0.717, 1.165) is 12.0 Å². The van der Waals surface area contributed by atoms with Gasteiger partial charge in [0.25, 0.3) is 5.91 Å². The molecule has 0 spiro atoms. The van der Waals surface area contributed by atoms with Gasteiger partial charge in [-0.2, -0.15) is 0 Å². The third-order valence-corrected chi connectivity index (χ3v) is 3.76. The fourth-order valence-electron chi connectivity index (χ4n) is 2.51. The highest BCUT2D eigenvalue weighted by atomic mass is 16.5. The van der Waals surface area contributed by atoms with Crippen LogP contribution in [0.2, 0.25) is 0 Å². The molecule has 0 aromatic heterocycles. The molecule has 1 heterocycles. The summed E-state index contributed by atoms with van der Waals surface area (Å²) in [6.07, 6.45) is 1.42. The molecule has 0 unspecified atom stereocenters. The van der Waals surface area contributed by atoms with E-state index in [1.165, 1.54) is 4.90 Å². The van der Waals surface area contributed by atoms with Gasteiger partial charge >= 0.3 is 5.97 Å². The van der Waals surface area contributed by atoms with Crippen molar-refractivity contribution in [1.82, 2.24) is 4.90 Å². The summed E-state index contributed by atoms with van der Waals surface area (Å²) >= 11 is 0. The molecule has 1 aromatic rings. The van der Waals surface area contributed by atoms with Crippen LogP contribution in [0.25, 0.3) is 0 Å². The number of piperidine rings is 1. The van der Waals surface area contributed by atoms with Gasteiger partial charge in [-0.3, -0.25) is 9.59 Å². The molecule has 2 N–H and O–H groups in total. The van der Waals surface area contributed by atoms with Gasteiger partial charge in [-0.15, -0.1) is 0 Å². The molecule has 22 heavy (non-hydrogen) atoms. The van der Waals surface area contributed by atoms with Crippen LogP contribution in [0.1, 0.15) is 28.8 Å². The van der Waals surface area contributed by atoms with E-state index in [1.54, 1.807) is 18.2 Å². The number of benzene rings is 1. The average Bonchev–Trinajstić information content (AvgIpc) is 2.52. The normalized spacial score (nSPS) is 17.9. The summed E-state index contributed by atoms with van der Waals surface area (Å²) in [5, 5.41) is 0. The van der Waals surface area contributed by atoms with E-state index in [2.05, 4.69) is 0 Å². The smallest absolute Gasteiger partial charge is 0.338 e. The molecule has 1 aliphatic rings. The third kappa shape index (κ3) is 4.07. The highest BCUT2D eigenvalue weighted by Gasteiger charge is 2.27. The van der Waals surface area contributed by atoms with Gasteiger partial charge in [-0.1, -0.05) is 17.7 Å². The number of carbonyl (C=O) groups is 3. The van der Waals surface area contributed by atoms with E-state index in [4.69, 9.17) is 10.5 Å². The molecule has 0 aliphatic carbocycles. The van der Waals surface area contributed by atoms with E-state index >= 15 is 0 Å². The lowest BCUT2D eigenvalue weighted by atomic mass is 9.97. The summed E-state index contributed by atoms with van der Waals surface area (Å²) in [5.74, 6) is -1.54. The van der Waals surface area contributed by atoms with Crippen LogP contribution in [-0.2, 0) is 14.3 Å². The Labute approximate surface area is 129 Å². The first-order valence-electron chi connectivity index (χ1n) is 7.28. The molecule has 1 fully saturated rings. The zero-order chi connectivity index (χ0) is 16.1. The predicted molar refractivity (Wildman–Crippen MR) is 80.0 cm³/mol. The lowest BCUT2D eigenvalue weighted by molar-refractivity contribution is -0.137. The van der Waals surface area contributed by atoms with Crippen LogP contribution in [0.15, 0.2) is 24.3 Å². The van der Waals surface area contributed by atoms with Crippen LogP contribution >= 0.6 is 0 Å². The van der Waals surface area contributed by atoms with Gasteiger partial charge in [0.15, 0.2) is 6.61 Å². The van der Waals surface area contributed by atoms with Crippen molar-refractivity contribution >= 4 is 17.8 Å². The Morgan fingerprint density at radius 2 is 2.14 bits per heavy atom. The van der Waals surface area contributed by atoms with Crippen LogP contribution < -0.4 is 5.73 Å². The fourth-order valence-corrected chi connectivity index (χ4v) is 2.51. The summed E-state index contributed by atoms with van der Waals surface area (Å²) in [6, 6.07) is 6.98. The van der Waals surface area contributed by atoms with Gasteiger partial charge in [-0.25, -0.2) is 4.79 Å². The van der Waals surface area contributed by atoms with Crippen LogP contribution in [-0.4, -0.2) is 42.4 Å². The van der Waals surface area contributed by atoms with Crippen LogP contribution in [0.4, 0.5) is 0 Å². The average molecular weight is 304 g/mol. The Balaban J connectivity index is 1.87. The molecule has 0 bridgehead atoms. The Bertz CT molecular complexity index is 585. The second kappa shape index (κ2) is 7.06. The Kier molecular flexibility index (Phi) is 5.14. The van der Waals surface area contributed by atoms with E-state index < -0.39 is 11.9 Å². The highest BCUT2D eigenvalue weighted by molar-refractivity contribution is 5.91. The van der Waals surface area contributed by atoms with Crippen molar-refractivity contribution in [2.45, 2.75) is 19.8 Å². The lowest BCUT2D eigenvalue weighted by Crippen LogP contribution is -2.45. The molecular weight excluding hydrogens is 284 g/mol. The first kappa shape index (κ1) is 16.0.